The van der Waals surface area contributed by atoms with Crippen LogP contribution >= 0.6 is 46.4 Å². The first-order chi connectivity index (χ1) is 13.5. The van der Waals surface area contributed by atoms with Gasteiger partial charge in [-0.3, -0.25) is 4.55 Å². The third-order valence-electron chi connectivity index (χ3n) is 4.36. The molecule has 0 amide bonds. The SMILES string of the molecule is O=S(=O)(O)C(c1ccc(O)cc1)(c1cc(O)cc(Cl)c1)c1ccc(Cl)c(Cl)c1Cl. The van der Waals surface area contributed by atoms with Gasteiger partial charge in [-0.15, -0.1) is 0 Å². The molecule has 5 nitrogen and oxygen atoms in total. The van der Waals surface area contributed by atoms with Crippen molar-refractivity contribution in [3.63, 3.8) is 0 Å². The molecule has 3 aromatic rings. The van der Waals surface area contributed by atoms with Gasteiger partial charge in [0.25, 0.3) is 10.1 Å². The molecule has 0 heterocycles. The third-order valence-corrected chi connectivity index (χ3v) is 7.34. The molecule has 0 aliphatic heterocycles. The van der Waals surface area contributed by atoms with Crippen molar-refractivity contribution in [3.8, 4) is 11.5 Å². The van der Waals surface area contributed by atoms with Crippen molar-refractivity contribution >= 4 is 56.5 Å². The maximum absolute atomic E-state index is 12.9. The van der Waals surface area contributed by atoms with E-state index in [1.807, 2.05) is 0 Å². The van der Waals surface area contributed by atoms with Gasteiger partial charge < -0.3 is 10.2 Å². The first-order valence-electron chi connectivity index (χ1n) is 7.89. The molecule has 0 saturated carbocycles. The maximum Gasteiger partial charge on any atom is 0.283 e. The van der Waals surface area contributed by atoms with Crippen molar-refractivity contribution in [1.29, 1.82) is 0 Å². The fraction of sp³-hybridized carbons (Fsp3) is 0.0526. The molecule has 0 aliphatic rings. The predicted octanol–water partition coefficient (Wildman–Crippen LogP) is 5.89. The summed E-state index contributed by atoms with van der Waals surface area (Å²) in [6.45, 7) is 0. The molecule has 0 aliphatic carbocycles. The fourth-order valence-electron chi connectivity index (χ4n) is 3.19. The number of halogens is 4. The summed E-state index contributed by atoms with van der Waals surface area (Å²) in [6.07, 6.45) is 0. The van der Waals surface area contributed by atoms with Crippen LogP contribution in [0.5, 0.6) is 11.5 Å². The van der Waals surface area contributed by atoms with Crippen molar-refractivity contribution in [2.75, 3.05) is 0 Å². The second-order valence-electron chi connectivity index (χ2n) is 6.12. The summed E-state index contributed by atoms with van der Waals surface area (Å²) in [7, 11) is -5.02. The minimum absolute atomic E-state index is 0.0137. The van der Waals surface area contributed by atoms with E-state index >= 15 is 0 Å². The van der Waals surface area contributed by atoms with Crippen molar-refractivity contribution in [2.24, 2.45) is 0 Å². The van der Waals surface area contributed by atoms with Gasteiger partial charge in [0, 0.05) is 10.6 Å². The van der Waals surface area contributed by atoms with Gasteiger partial charge in [-0.2, -0.15) is 8.42 Å². The number of rotatable bonds is 4. The lowest BCUT2D eigenvalue weighted by Crippen LogP contribution is -2.38. The Morgan fingerprint density at radius 1 is 0.724 bits per heavy atom. The summed E-state index contributed by atoms with van der Waals surface area (Å²) in [5.74, 6) is -0.470. The Hall–Kier alpha value is -1.67. The van der Waals surface area contributed by atoms with Crippen LogP contribution in [0.4, 0.5) is 0 Å². The van der Waals surface area contributed by atoms with Crippen LogP contribution in [0, 0.1) is 0 Å². The molecule has 3 rings (SSSR count). The number of hydrogen-bond donors (Lipinski definition) is 3. The lowest BCUT2D eigenvalue weighted by molar-refractivity contribution is 0.455. The lowest BCUT2D eigenvalue weighted by Gasteiger charge is -2.33. The molecular formula is C19H12Cl4O5S. The van der Waals surface area contributed by atoms with Gasteiger partial charge in [-0.25, -0.2) is 0 Å². The van der Waals surface area contributed by atoms with Gasteiger partial charge in [-0.1, -0.05) is 64.6 Å². The van der Waals surface area contributed by atoms with Crippen molar-refractivity contribution in [2.45, 2.75) is 4.75 Å². The molecule has 1 atom stereocenters. The molecule has 10 heteroatoms. The predicted molar refractivity (Wildman–Crippen MR) is 114 cm³/mol. The molecule has 152 valence electrons. The van der Waals surface area contributed by atoms with Crippen molar-refractivity contribution in [3.05, 3.63) is 91.4 Å². The van der Waals surface area contributed by atoms with E-state index in [0.717, 1.165) is 6.07 Å². The van der Waals surface area contributed by atoms with E-state index in [-0.39, 0.29) is 48.3 Å². The van der Waals surface area contributed by atoms with E-state index in [1.165, 1.54) is 48.5 Å². The van der Waals surface area contributed by atoms with Gasteiger partial charge in [0.05, 0.1) is 15.1 Å². The van der Waals surface area contributed by atoms with Crippen LogP contribution in [0.15, 0.2) is 54.6 Å². The Kier molecular flexibility index (Phi) is 5.98. The monoisotopic (exact) mass is 492 g/mol. The molecule has 0 fully saturated rings. The van der Waals surface area contributed by atoms with Crippen molar-refractivity contribution in [1.82, 2.24) is 0 Å². The van der Waals surface area contributed by atoms with Crippen molar-refractivity contribution < 1.29 is 23.2 Å². The molecular weight excluding hydrogens is 482 g/mol. The minimum Gasteiger partial charge on any atom is -0.508 e. The Bertz CT molecular complexity index is 1180. The smallest absolute Gasteiger partial charge is 0.283 e. The molecule has 0 bridgehead atoms. The highest BCUT2D eigenvalue weighted by molar-refractivity contribution is 7.87. The molecule has 0 radical (unpaired) electrons. The molecule has 29 heavy (non-hydrogen) atoms. The summed E-state index contributed by atoms with van der Waals surface area (Å²) < 4.78 is 34.0. The quantitative estimate of drug-likeness (QED) is 0.239. The number of hydrogen-bond acceptors (Lipinski definition) is 4. The third kappa shape index (κ3) is 3.77. The zero-order valence-electron chi connectivity index (χ0n) is 14.3. The zero-order valence-corrected chi connectivity index (χ0v) is 18.1. The largest absolute Gasteiger partial charge is 0.508 e. The molecule has 0 spiro atoms. The summed E-state index contributed by atoms with van der Waals surface area (Å²) in [6, 6.07) is 11.3. The van der Waals surface area contributed by atoms with E-state index in [4.69, 9.17) is 46.4 Å². The van der Waals surface area contributed by atoms with Crippen LogP contribution in [0.1, 0.15) is 16.7 Å². The van der Waals surface area contributed by atoms with Gasteiger partial charge >= 0.3 is 0 Å². The first-order valence-corrected chi connectivity index (χ1v) is 10.8. The second-order valence-corrected chi connectivity index (χ2v) is 9.29. The van der Waals surface area contributed by atoms with E-state index in [1.54, 1.807) is 0 Å². The summed E-state index contributed by atoms with van der Waals surface area (Å²) >= 11 is 24.5. The topological polar surface area (TPSA) is 94.8 Å². The zero-order chi connectivity index (χ0) is 21.6. The van der Waals surface area contributed by atoms with E-state index in [0.29, 0.717) is 0 Å². The van der Waals surface area contributed by atoms with Gasteiger partial charge in [-0.05, 0) is 47.5 Å². The van der Waals surface area contributed by atoms with Crippen LogP contribution in [-0.2, 0) is 14.9 Å². The van der Waals surface area contributed by atoms with Crippen LogP contribution in [-0.4, -0.2) is 23.2 Å². The van der Waals surface area contributed by atoms with E-state index in [2.05, 4.69) is 0 Å². The number of aromatic hydroxyl groups is 2. The fourth-order valence-corrected chi connectivity index (χ4v) is 5.45. The highest BCUT2D eigenvalue weighted by atomic mass is 35.5. The Morgan fingerprint density at radius 3 is 1.90 bits per heavy atom. The summed E-state index contributed by atoms with van der Waals surface area (Å²) in [4.78, 5) is 0. The Morgan fingerprint density at radius 2 is 1.34 bits per heavy atom. The standard InChI is InChI=1S/C19H12Cl4O5S/c20-12-7-11(8-14(25)9-12)19(29(26,27)28,10-1-3-13(24)4-2-10)15-5-6-16(21)18(23)17(15)22/h1-9,24-25H,(H,26,27,28). The number of phenols is 2. The first kappa shape index (κ1) is 22.0. The lowest BCUT2D eigenvalue weighted by atomic mass is 9.83. The van der Waals surface area contributed by atoms with Gasteiger partial charge in [0.15, 0.2) is 4.75 Å². The molecule has 1 unspecified atom stereocenters. The number of phenolic OH excluding ortho intramolecular Hbond substituents is 2. The normalized spacial score (nSPS) is 13.8. The molecule has 3 N–H and O–H groups in total. The van der Waals surface area contributed by atoms with Crippen LogP contribution in [0.3, 0.4) is 0 Å². The molecule has 0 aromatic heterocycles. The van der Waals surface area contributed by atoms with Crippen LogP contribution in [0.2, 0.25) is 20.1 Å². The maximum atomic E-state index is 12.9. The van der Waals surface area contributed by atoms with E-state index < -0.39 is 14.9 Å². The van der Waals surface area contributed by atoms with Gasteiger partial charge in [0.2, 0.25) is 0 Å². The second kappa shape index (κ2) is 7.87. The van der Waals surface area contributed by atoms with Gasteiger partial charge in [0.1, 0.15) is 11.5 Å². The summed E-state index contributed by atoms with van der Waals surface area (Å²) in [5.41, 5.74) is -0.209. The minimum atomic E-state index is -5.02. The number of benzene rings is 3. The van der Waals surface area contributed by atoms with Crippen LogP contribution < -0.4 is 0 Å². The average Bonchev–Trinajstić information content (AvgIpc) is 2.61. The van der Waals surface area contributed by atoms with Crippen LogP contribution in [0.25, 0.3) is 0 Å². The highest BCUT2D eigenvalue weighted by Crippen LogP contribution is 2.50. The average molecular weight is 494 g/mol. The molecule has 0 saturated heterocycles. The highest BCUT2D eigenvalue weighted by Gasteiger charge is 2.50. The Balaban J connectivity index is 2.58. The Labute approximate surface area is 186 Å². The molecule has 3 aromatic carbocycles. The van der Waals surface area contributed by atoms with E-state index in [9.17, 15) is 23.2 Å². The summed E-state index contributed by atoms with van der Waals surface area (Å²) in [5, 5.41) is 19.5.